The molecule has 1 atom stereocenters. The SMILES string of the molecule is Cc1ccn(Cc2ccc3c(c2)NC(=O)N[C@]3(C#CC2CC2)C(F)(F)F)n1. The van der Waals surface area contributed by atoms with E-state index >= 15 is 0 Å². The van der Waals surface area contributed by atoms with E-state index < -0.39 is 17.7 Å². The lowest BCUT2D eigenvalue weighted by Gasteiger charge is -2.37. The van der Waals surface area contributed by atoms with E-state index in [0.29, 0.717) is 6.54 Å². The van der Waals surface area contributed by atoms with E-state index in [1.165, 1.54) is 6.07 Å². The summed E-state index contributed by atoms with van der Waals surface area (Å²) in [5, 5.41) is 8.76. The maximum absolute atomic E-state index is 14.0. The molecule has 4 rings (SSSR count). The van der Waals surface area contributed by atoms with E-state index in [4.69, 9.17) is 0 Å². The Balaban J connectivity index is 1.76. The van der Waals surface area contributed by atoms with Crippen LogP contribution in [0.1, 0.15) is 29.7 Å². The molecular weight excluding hydrogens is 357 g/mol. The summed E-state index contributed by atoms with van der Waals surface area (Å²) in [6.45, 7) is 2.24. The lowest BCUT2D eigenvalue weighted by Crippen LogP contribution is -2.59. The minimum absolute atomic E-state index is 0.0261. The van der Waals surface area contributed by atoms with Crippen molar-refractivity contribution in [2.75, 3.05) is 5.32 Å². The fraction of sp³-hybridized carbons (Fsp3) is 0.368. The lowest BCUT2D eigenvalue weighted by atomic mass is 9.85. The zero-order valence-electron chi connectivity index (χ0n) is 14.5. The second-order valence-electron chi connectivity index (χ2n) is 6.91. The molecule has 1 aromatic heterocycles. The smallest absolute Gasteiger partial charge is 0.310 e. The van der Waals surface area contributed by atoms with Crippen molar-refractivity contribution in [1.29, 1.82) is 0 Å². The predicted molar refractivity (Wildman–Crippen MR) is 92.9 cm³/mol. The summed E-state index contributed by atoms with van der Waals surface area (Å²) in [5.41, 5.74) is -1.11. The molecule has 2 heterocycles. The highest BCUT2D eigenvalue weighted by Gasteiger charge is 2.59. The third-order valence-electron chi connectivity index (χ3n) is 4.62. The molecule has 0 unspecified atom stereocenters. The number of aromatic nitrogens is 2. The van der Waals surface area contributed by atoms with Gasteiger partial charge in [0.2, 0.25) is 5.54 Å². The number of nitrogens with zero attached hydrogens (tertiary/aromatic N) is 2. The van der Waals surface area contributed by atoms with Gasteiger partial charge in [0.05, 0.1) is 12.2 Å². The maximum Gasteiger partial charge on any atom is 0.427 e. The second kappa shape index (κ2) is 6.05. The van der Waals surface area contributed by atoms with Gasteiger partial charge in [-0.25, -0.2) is 4.79 Å². The number of amides is 2. The Morgan fingerprint density at radius 3 is 2.74 bits per heavy atom. The number of aryl methyl sites for hydroxylation is 1. The second-order valence-corrected chi connectivity index (χ2v) is 6.91. The number of anilines is 1. The number of fused-ring (bicyclic) bond motifs is 1. The third kappa shape index (κ3) is 3.25. The van der Waals surface area contributed by atoms with Crippen LogP contribution in [-0.2, 0) is 12.1 Å². The van der Waals surface area contributed by atoms with Gasteiger partial charge < -0.3 is 10.6 Å². The van der Waals surface area contributed by atoms with Crippen LogP contribution >= 0.6 is 0 Å². The zero-order chi connectivity index (χ0) is 19.2. The molecule has 5 nitrogen and oxygen atoms in total. The topological polar surface area (TPSA) is 59.0 Å². The van der Waals surface area contributed by atoms with E-state index in [0.717, 1.165) is 24.1 Å². The van der Waals surface area contributed by atoms with E-state index in [2.05, 4.69) is 22.3 Å². The minimum atomic E-state index is -4.75. The van der Waals surface area contributed by atoms with Gasteiger partial charge in [0.25, 0.3) is 0 Å². The Morgan fingerprint density at radius 2 is 2.11 bits per heavy atom. The molecule has 8 heteroatoms. The number of hydrogen-bond acceptors (Lipinski definition) is 2. The van der Waals surface area contributed by atoms with Gasteiger partial charge in [0, 0.05) is 23.4 Å². The first-order valence-electron chi connectivity index (χ1n) is 8.59. The quantitative estimate of drug-likeness (QED) is 0.790. The fourth-order valence-electron chi connectivity index (χ4n) is 3.08. The van der Waals surface area contributed by atoms with Crippen molar-refractivity contribution < 1.29 is 18.0 Å². The van der Waals surface area contributed by atoms with Crippen LogP contribution in [-0.4, -0.2) is 22.0 Å². The molecule has 2 N–H and O–H groups in total. The summed E-state index contributed by atoms with van der Waals surface area (Å²) >= 11 is 0. The van der Waals surface area contributed by atoms with Crippen LogP contribution < -0.4 is 10.6 Å². The van der Waals surface area contributed by atoms with Crippen molar-refractivity contribution in [1.82, 2.24) is 15.1 Å². The summed E-state index contributed by atoms with van der Waals surface area (Å²) in [6.07, 6.45) is -1.37. The van der Waals surface area contributed by atoms with Gasteiger partial charge in [-0.05, 0) is 37.5 Å². The molecule has 0 saturated heterocycles. The number of urea groups is 1. The molecule has 0 bridgehead atoms. The third-order valence-corrected chi connectivity index (χ3v) is 4.62. The molecule has 2 aliphatic rings. The van der Waals surface area contributed by atoms with Crippen LogP contribution in [0.25, 0.3) is 0 Å². The van der Waals surface area contributed by atoms with Crippen LogP contribution in [0.5, 0.6) is 0 Å². The standard InChI is InChI=1S/C19H17F3N4O/c1-12-7-9-26(25-12)11-14-4-5-15-16(10-14)23-17(27)24-18(15,19(20,21)22)8-6-13-2-3-13/h4-5,7,9-10,13H,2-3,11H2,1H3,(H2,23,24,27)/t18-/m0/s1. The Labute approximate surface area is 153 Å². The predicted octanol–water partition coefficient (Wildman–Crippen LogP) is 3.55. The molecule has 1 aliphatic carbocycles. The van der Waals surface area contributed by atoms with Crippen LogP contribution in [0, 0.1) is 24.7 Å². The van der Waals surface area contributed by atoms with Crippen LogP contribution in [0.15, 0.2) is 30.5 Å². The molecule has 140 valence electrons. The van der Waals surface area contributed by atoms with Gasteiger partial charge >= 0.3 is 12.2 Å². The Bertz CT molecular complexity index is 965. The molecule has 1 aliphatic heterocycles. The Morgan fingerprint density at radius 1 is 1.33 bits per heavy atom. The largest absolute Gasteiger partial charge is 0.427 e. The summed E-state index contributed by atoms with van der Waals surface area (Å²) in [6, 6.07) is 5.45. The van der Waals surface area contributed by atoms with E-state index in [9.17, 15) is 18.0 Å². The number of hydrogen-bond donors (Lipinski definition) is 2. The van der Waals surface area contributed by atoms with Crippen LogP contribution in [0.2, 0.25) is 0 Å². The maximum atomic E-state index is 14.0. The van der Waals surface area contributed by atoms with Gasteiger partial charge in [-0.15, -0.1) is 0 Å². The summed E-state index contributed by atoms with van der Waals surface area (Å²) in [5.74, 6) is 4.97. The van der Waals surface area contributed by atoms with E-state index in [1.807, 2.05) is 18.3 Å². The lowest BCUT2D eigenvalue weighted by molar-refractivity contribution is -0.178. The van der Waals surface area contributed by atoms with Crippen molar-refractivity contribution in [3.63, 3.8) is 0 Å². The molecule has 2 amide bonds. The molecular formula is C19H17F3N4O. The van der Waals surface area contributed by atoms with Crippen molar-refractivity contribution in [2.45, 2.75) is 38.0 Å². The number of rotatable bonds is 2. The number of carbonyl (C=O) groups is 1. The van der Waals surface area contributed by atoms with E-state index in [1.54, 1.807) is 23.0 Å². The Kier molecular flexibility index (Phi) is 3.91. The number of halogens is 3. The summed E-state index contributed by atoms with van der Waals surface area (Å²) in [4.78, 5) is 12.0. The number of benzene rings is 1. The normalized spacial score (nSPS) is 21.6. The molecule has 1 saturated carbocycles. The van der Waals surface area contributed by atoms with Crippen molar-refractivity contribution >= 4 is 11.7 Å². The van der Waals surface area contributed by atoms with Crippen molar-refractivity contribution in [2.24, 2.45) is 5.92 Å². The summed E-state index contributed by atoms with van der Waals surface area (Å²) < 4.78 is 43.7. The average molecular weight is 374 g/mol. The summed E-state index contributed by atoms with van der Waals surface area (Å²) in [7, 11) is 0. The molecule has 0 spiro atoms. The number of carbonyl (C=O) groups excluding carboxylic acids is 1. The Hall–Kier alpha value is -2.95. The average Bonchev–Trinajstić information content (AvgIpc) is 3.32. The highest BCUT2D eigenvalue weighted by molar-refractivity contribution is 5.95. The van der Waals surface area contributed by atoms with Gasteiger partial charge in [-0.3, -0.25) is 4.68 Å². The first-order chi connectivity index (χ1) is 12.8. The number of nitrogens with one attached hydrogen (secondary N) is 2. The molecule has 2 aromatic rings. The molecule has 1 fully saturated rings. The highest BCUT2D eigenvalue weighted by atomic mass is 19.4. The van der Waals surface area contributed by atoms with Crippen molar-refractivity contribution in [3.8, 4) is 11.8 Å². The van der Waals surface area contributed by atoms with Crippen LogP contribution in [0.4, 0.5) is 23.7 Å². The minimum Gasteiger partial charge on any atom is -0.310 e. The van der Waals surface area contributed by atoms with Gasteiger partial charge in [0.15, 0.2) is 0 Å². The molecule has 27 heavy (non-hydrogen) atoms. The molecule has 1 aromatic carbocycles. The zero-order valence-corrected chi connectivity index (χ0v) is 14.5. The highest BCUT2D eigenvalue weighted by Crippen LogP contribution is 2.44. The monoisotopic (exact) mass is 374 g/mol. The number of alkyl halides is 3. The van der Waals surface area contributed by atoms with Gasteiger partial charge in [-0.1, -0.05) is 24.0 Å². The first-order valence-corrected chi connectivity index (χ1v) is 8.59. The van der Waals surface area contributed by atoms with E-state index in [-0.39, 0.29) is 17.2 Å². The molecule has 0 radical (unpaired) electrons. The fourth-order valence-corrected chi connectivity index (χ4v) is 3.08. The van der Waals surface area contributed by atoms with Crippen molar-refractivity contribution in [3.05, 3.63) is 47.3 Å². The first kappa shape index (κ1) is 17.5. The van der Waals surface area contributed by atoms with Gasteiger partial charge in [0.1, 0.15) is 0 Å². The van der Waals surface area contributed by atoms with Gasteiger partial charge in [-0.2, -0.15) is 18.3 Å². The van der Waals surface area contributed by atoms with Crippen LogP contribution in [0.3, 0.4) is 0 Å².